The van der Waals surface area contributed by atoms with Gasteiger partial charge in [0.15, 0.2) is 0 Å². The van der Waals surface area contributed by atoms with Crippen molar-refractivity contribution >= 4 is 16.7 Å². The highest BCUT2D eigenvalue weighted by atomic mass is 16.5. The second-order valence-corrected chi connectivity index (χ2v) is 3.50. The van der Waals surface area contributed by atoms with Crippen LogP contribution in [0.4, 0.5) is 0 Å². The average Bonchev–Trinajstić information content (AvgIpc) is 2.29. The van der Waals surface area contributed by atoms with Gasteiger partial charge in [0.25, 0.3) is 0 Å². The van der Waals surface area contributed by atoms with Crippen LogP contribution in [0.25, 0.3) is 10.8 Å². The molecule has 0 unspecified atom stereocenters. The molecule has 0 aliphatic carbocycles. The molecule has 0 bridgehead atoms. The number of aromatic nitrogens is 1. The number of carbonyl (C=O) groups is 1. The molecule has 1 aromatic carbocycles. The fraction of sp³-hybridized carbons (Fsp3) is 0.231. The number of fused-ring (bicyclic) bond motifs is 1. The quantitative estimate of drug-likeness (QED) is 0.738. The van der Waals surface area contributed by atoms with Gasteiger partial charge in [-0.2, -0.15) is 0 Å². The summed E-state index contributed by atoms with van der Waals surface area (Å²) < 4.78 is 4.88. The number of esters is 1. The molecule has 16 heavy (non-hydrogen) atoms. The van der Waals surface area contributed by atoms with Gasteiger partial charge in [0.05, 0.1) is 18.7 Å². The van der Waals surface area contributed by atoms with Crippen LogP contribution >= 0.6 is 0 Å². The summed E-state index contributed by atoms with van der Waals surface area (Å²) in [6.45, 7) is 2.21. The summed E-state index contributed by atoms with van der Waals surface area (Å²) in [5, 5.41) is 2.17. The normalized spacial score (nSPS) is 10.3. The molecule has 2 rings (SSSR count). The first-order valence-corrected chi connectivity index (χ1v) is 5.29. The number of pyridine rings is 1. The van der Waals surface area contributed by atoms with Gasteiger partial charge in [0.1, 0.15) is 0 Å². The predicted molar refractivity (Wildman–Crippen MR) is 62.1 cm³/mol. The van der Waals surface area contributed by atoms with E-state index in [4.69, 9.17) is 4.74 Å². The van der Waals surface area contributed by atoms with Crippen LogP contribution in [0.2, 0.25) is 0 Å². The Balaban J connectivity index is 2.22. The lowest BCUT2D eigenvalue weighted by molar-refractivity contribution is -0.142. The van der Waals surface area contributed by atoms with E-state index in [1.165, 1.54) is 0 Å². The SMILES string of the molecule is CCOC(=O)Cc1cc2ccccc2cn1. The van der Waals surface area contributed by atoms with E-state index in [-0.39, 0.29) is 12.4 Å². The van der Waals surface area contributed by atoms with Crippen molar-refractivity contribution in [3.63, 3.8) is 0 Å². The van der Waals surface area contributed by atoms with Crippen LogP contribution in [0.15, 0.2) is 36.5 Å². The van der Waals surface area contributed by atoms with Gasteiger partial charge >= 0.3 is 5.97 Å². The van der Waals surface area contributed by atoms with Crippen molar-refractivity contribution in [3.8, 4) is 0 Å². The molecule has 0 spiro atoms. The summed E-state index contributed by atoms with van der Waals surface area (Å²) in [7, 11) is 0. The maximum Gasteiger partial charge on any atom is 0.311 e. The average molecular weight is 215 g/mol. The molecule has 0 aliphatic heterocycles. The van der Waals surface area contributed by atoms with E-state index in [0.29, 0.717) is 6.61 Å². The van der Waals surface area contributed by atoms with Gasteiger partial charge < -0.3 is 4.74 Å². The first kappa shape index (κ1) is 10.6. The maximum atomic E-state index is 11.3. The Bertz CT molecular complexity index is 508. The molecule has 0 radical (unpaired) electrons. The lowest BCUT2D eigenvalue weighted by Crippen LogP contribution is -2.08. The molecule has 3 heteroatoms. The lowest BCUT2D eigenvalue weighted by atomic mass is 10.1. The van der Waals surface area contributed by atoms with Crippen molar-refractivity contribution in [1.82, 2.24) is 4.98 Å². The van der Waals surface area contributed by atoms with Gasteiger partial charge in [-0.15, -0.1) is 0 Å². The Hall–Kier alpha value is -1.90. The van der Waals surface area contributed by atoms with Crippen molar-refractivity contribution in [1.29, 1.82) is 0 Å². The monoisotopic (exact) mass is 215 g/mol. The molecule has 82 valence electrons. The van der Waals surface area contributed by atoms with Crippen LogP contribution in [-0.2, 0) is 16.0 Å². The molecule has 2 aromatic rings. The van der Waals surface area contributed by atoms with Crippen LogP contribution in [0, 0.1) is 0 Å². The number of benzene rings is 1. The highest BCUT2D eigenvalue weighted by molar-refractivity contribution is 5.82. The molecule has 0 fully saturated rings. The standard InChI is InChI=1S/C13H13NO2/c1-2-16-13(15)8-12-7-10-5-3-4-6-11(10)9-14-12/h3-7,9H,2,8H2,1H3. The second kappa shape index (κ2) is 4.75. The molecule has 0 saturated heterocycles. The van der Waals surface area contributed by atoms with E-state index in [2.05, 4.69) is 4.98 Å². The molecular formula is C13H13NO2. The highest BCUT2D eigenvalue weighted by Crippen LogP contribution is 2.13. The van der Waals surface area contributed by atoms with Crippen molar-refractivity contribution in [2.45, 2.75) is 13.3 Å². The summed E-state index contributed by atoms with van der Waals surface area (Å²) in [5.74, 6) is -0.231. The van der Waals surface area contributed by atoms with Crippen molar-refractivity contribution in [2.75, 3.05) is 6.61 Å². The molecule has 0 N–H and O–H groups in total. The fourth-order valence-electron chi connectivity index (χ4n) is 1.59. The molecule has 1 aromatic heterocycles. The number of carbonyl (C=O) groups excluding carboxylic acids is 1. The van der Waals surface area contributed by atoms with E-state index in [1.807, 2.05) is 30.3 Å². The zero-order chi connectivity index (χ0) is 11.4. The molecular weight excluding hydrogens is 202 g/mol. The predicted octanol–water partition coefficient (Wildman–Crippen LogP) is 2.34. The van der Waals surface area contributed by atoms with Gasteiger partial charge in [-0.25, -0.2) is 0 Å². The van der Waals surface area contributed by atoms with Gasteiger partial charge in [0.2, 0.25) is 0 Å². The van der Waals surface area contributed by atoms with E-state index in [0.717, 1.165) is 16.5 Å². The largest absolute Gasteiger partial charge is 0.466 e. The van der Waals surface area contributed by atoms with Crippen molar-refractivity contribution < 1.29 is 9.53 Å². The zero-order valence-electron chi connectivity index (χ0n) is 9.14. The number of ether oxygens (including phenoxy) is 1. The Kier molecular flexibility index (Phi) is 3.15. The third kappa shape index (κ3) is 2.37. The molecule has 0 aliphatic rings. The summed E-state index contributed by atoms with van der Waals surface area (Å²) in [6, 6.07) is 9.86. The first-order valence-electron chi connectivity index (χ1n) is 5.29. The summed E-state index contributed by atoms with van der Waals surface area (Å²) in [4.78, 5) is 15.5. The Morgan fingerprint density at radius 1 is 1.31 bits per heavy atom. The number of hydrogen-bond donors (Lipinski definition) is 0. The molecule has 3 nitrogen and oxygen atoms in total. The lowest BCUT2D eigenvalue weighted by Gasteiger charge is -2.02. The number of rotatable bonds is 3. The highest BCUT2D eigenvalue weighted by Gasteiger charge is 2.05. The van der Waals surface area contributed by atoms with Gasteiger partial charge in [-0.3, -0.25) is 9.78 Å². The van der Waals surface area contributed by atoms with Crippen molar-refractivity contribution in [2.24, 2.45) is 0 Å². The molecule has 0 amide bonds. The second-order valence-electron chi connectivity index (χ2n) is 3.50. The van der Waals surface area contributed by atoms with E-state index >= 15 is 0 Å². The number of nitrogens with zero attached hydrogens (tertiary/aromatic N) is 1. The topological polar surface area (TPSA) is 39.2 Å². The van der Waals surface area contributed by atoms with E-state index in [1.54, 1.807) is 13.1 Å². The van der Waals surface area contributed by atoms with Gasteiger partial charge in [-0.05, 0) is 18.4 Å². The smallest absolute Gasteiger partial charge is 0.311 e. The maximum absolute atomic E-state index is 11.3. The van der Waals surface area contributed by atoms with E-state index < -0.39 is 0 Å². The summed E-state index contributed by atoms with van der Waals surface area (Å²) in [6.07, 6.45) is 2.02. The van der Waals surface area contributed by atoms with Crippen LogP contribution in [0.1, 0.15) is 12.6 Å². The Morgan fingerprint density at radius 2 is 2.06 bits per heavy atom. The van der Waals surface area contributed by atoms with Crippen LogP contribution in [-0.4, -0.2) is 17.6 Å². The van der Waals surface area contributed by atoms with Crippen molar-refractivity contribution in [3.05, 3.63) is 42.2 Å². The van der Waals surface area contributed by atoms with Crippen LogP contribution < -0.4 is 0 Å². The first-order chi connectivity index (χ1) is 7.79. The zero-order valence-corrected chi connectivity index (χ0v) is 9.14. The minimum atomic E-state index is -0.231. The van der Waals surface area contributed by atoms with Crippen LogP contribution in [0.5, 0.6) is 0 Å². The Labute approximate surface area is 94.1 Å². The molecule has 0 atom stereocenters. The number of hydrogen-bond acceptors (Lipinski definition) is 3. The van der Waals surface area contributed by atoms with Gasteiger partial charge in [-0.1, -0.05) is 24.3 Å². The molecule has 1 heterocycles. The third-order valence-corrected chi connectivity index (χ3v) is 2.32. The molecule has 0 saturated carbocycles. The minimum Gasteiger partial charge on any atom is -0.466 e. The van der Waals surface area contributed by atoms with E-state index in [9.17, 15) is 4.79 Å². The van der Waals surface area contributed by atoms with Crippen LogP contribution in [0.3, 0.4) is 0 Å². The van der Waals surface area contributed by atoms with Gasteiger partial charge in [0, 0.05) is 11.6 Å². The fourth-order valence-corrected chi connectivity index (χ4v) is 1.59. The summed E-state index contributed by atoms with van der Waals surface area (Å²) in [5.41, 5.74) is 0.747. The third-order valence-electron chi connectivity index (χ3n) is 2.32. The minimum absolute atomic E-state index is 0.231. The summed E-state index contributed by atoms with van der Waals surface area (Å²) >= 11 is 0. The Morgan fingerprint density at radius 3 is 2.81 bits per heavy atom.